The number of nitrogens with one attached hydrogen (secondary N) is 1. The molecule has 0 radical (unpaired) electrons. The standard InChI is InChI=1S/C20H22N4O4S2/c21-15-16-5-1-2-7-18(16)30(27,28)24-12-10-23(11-13-24)19(25)8-3-9-22-20(26)17-6-4-14-29-17/h1-2,4-7,14H,3,8-13H2,(H,22,26). The Balaban J connectivity index is 1.46. The van der Waals surface area contributed by atoms with Gasteiger partial charge in [-0.1, -0.05) is 18.2 Å². The number of sulfonamides is 1. The Morgan fingerprint density at radius 2 is 1.83 bits per heavy atom. The highest BCUT2D eigenvalue weighted by atomic mass is 32.2. The van der Waals surface area contributed by atoms with Crippen LogP contribution in [-0.4, -0.2) is 62.2 Å². The molecule has 0 spiro atoms. The summed E-state index contributed by atoms with van der Waals surface area (Å²) >= 11 is 1.36. The molecular weight excluding hydrogens is 424 g/mol. The Labute approximate surface area is 179 Å². The van der Waals surface area contributed by atoms with Crippen LogP contribution in [0.2, 0.25) is 0 Å². The van der Waals surface area contributed by atoms with Gasteiger partial charge >= 0.3 is 0 Å². The van der Waals surface area contributed by atoms with Crippen molar-refractivity contribution in [1.82, 2.24) is 14.5 Å². The minimum Gasteiger partial charge on any atom is -0.351 e. The van der Waals surface area contributed by atoms with Crippen LogP contribution in [-0.2, 0) is 14.8 Å². The van der Waals surface area contributed by atoms with Gasteiger partial charge in [0.25, 0.3) is 5.91 Å². The topological polar surface area (TPSA) is 111 Å². The van der Waals surface area contributed by atoms with E-state index in [1.54, 1.807) is 23.1 Å². The third-order valence-corrected chi connectivity index (χ3v) is 7.64. The maximum absolute atomic E-state index is 12.8. The summed E-state index contributed by atoms with van der Waals surface area (Å²) in [5.41, 5.74) is 0.112. The number of benzene rings is 1. The van der Waals surface area contributed by atoms with E-state index in [9.17, 15) is 23.3 Å². The molecule has 0 unspecified atom stereocenters. The molecule has 1 aromatic heterocycles. The van der Waals surface area contributed by atoms with Gasteiger partial charge in [0.2, 0.25) is 15.9 Å². The first-order chi connectivity index (χ1) is 14.4. The van der Waals surface area contributed by atoms with E-state index >= 15 is 0 Å². The maximum Gasteiger partial charge on any atom is 0.261 e. The summed E-state index contributed by atoms with van der Waals surface area (Å²) in [4.78, 5) is 26.5. The van der Waals surface area contributed by atoms with Crippen LogP contribution in [0.5, 0.6) is 0 Å². The Morgan fingerprint density at radius 1 is 1.10 bits per heavy atom. The lowest BCUT2D eigenvalue weighted by molar-refractivity contribution is -0.132. The SMILES string of the molecule is N#Cc1ccccc1S(=O)(=O)N1CCN(C(=O)CCCNC(=O)c2cccs2)CC1. The summed E-state index contributed by atoms with van der Waals surface area (Å²) in [5.74, 6) is -0.205. The third kappa shape index (κ3) is 5.05. The molecule has 0 atom stereocenters. The number of carbonyl (C=O) groups excluding carboxylic acids is 2. The molecule has 0 aliphatic carbocycles. The van der Waals surface area contributed by atoms with Crippen molar-refractivity contribution < 1.29 is 18.0 Å². The predicted molar refractivity (Wildman–Crippen MR) is 112 cm³/mol. The summed E-state index contributed by atoms with van der Waals surface area (Å²) in [5, 5.41) is 13.8. The van der Waals surface area contributed by atoms with Crippen LogP contribution >= 0.6 is 11.3 Å². The Bertz CT molecular complexity index is 1040. The molecule has 1 N–H and O–H groups in total. The molecule has 1 fully saturated rings. The molecule has 1 aliphatic rings. The first-order valence-corrected chi connectivity index (χ1v) is 11.8. The second kappa shape index (κ2) is 9.84. The highest BCUT2D eigenvalue weighted by Gasteiger charge is 2.31. The summed E-state index contributed by atoms with van der Waals surface area (Å²) in [7, 11) is -3.78. The van der Waals surface area contributed by atoms with E-state index in [0.717, 1.165) is 0 Å². The Kier molecular flexibility index (Phi) is 7.20. The number of piperazine rings is 1. The quantitative estimate of drug-likeness (QED) is 0.651. The van der Waals surface area contributed by atoms with Gasteiger partial charge in [-0.05, 0) is 30.0 Å². The van der Waals surface area contributed by atoms with Gasteiger partial charge < -0.3 is 10.2 Å². The highest BCUT2D eigenvalue weighted by Crippen LogP contribution is 2.21. The van der Waals surface area contributed by atoms with Crippen LogP contribution in [0.25, 0.3) is 0 Å². The molecule has 10 heteroatoms. The van der Waals surface area contributed by atoms with Crippen LogP contribution in [0.3, 0.4) is 0 Å². The highest BCUT2D eigenvalue weighted by molar-refractivity contribution is 7.89. The summed E-state index contributed by atoms with van der Waals surface area (Å²) in [6, 6.07) is 11.6. The minimum atomic E-state index is -3.78. The van der Waals surface area contributed by atoms with Crippen LogP contribution in [0.15, 0.2) is 46.7 Å². The van der Waals surface area contributed by atoms with E-state index < -0.39 is 10.0 Å². The number of hydrogen-bond donors (Lipinski definition) is 1. The monoisotopic (exact) mass is 446 g/mol. The number of nitriles is 1. The van der Waals surface area contributed by atoms with Crippen molar-refractivity contribution in [2.75, 3.05) is 32.7 Å². The average Bonchev–Trinajstić information content (AvgIpc) is 3.31. The van der Waals surface area contributed by atoms with E-state index in [1.807, 2.05) is 17.5 Å². The zero-order valence-electron chi connectivity index (χ0n) is 16.3. The first kappa shape index (κ1) is 22.0. The summed E-state index contributed by atoms with van der Waals surface area (Å²) < 4.78 is 27.0. The molecule has 158 valence electrons. The van der Waals surface area contributed by atoms with E-state index in [4.69, 9.17) is 0 Å². The normalized spacial score (nSPS) is 14.8. The van der Waals surface area contributed by atoms with Crippen molar-refractivity contribution in [3.05, 3.63) is 52.2 Å². The number of thiophene rings is 1. The van der Waals surface area contributed by atoms with Crippen LogP contribution in [0.4, 0.5) is 0 Å². The molecule has 2 heterocycles. The fourth-order valence-electron chi connectivity index (χ4n) is 3.20. The van der Waals surface area contributed by atoms with E-state index in [-0.39, 0.29) is 41.8 Å². The molecule has 0 saturated carbocycles. The molecule has 1 aliphatic heterocycles. The molecule has 2 aromatic rings. The molecule has 8 nitrogen and oxygen atoms in total. The lowest BCUT2D eigenvalue weighted by atomic mass is 10.2. The van der Waals surface area contributed by atoms with Gasteiger partial charge in [-0.15, -0.1) is 11.3 Å². The summed E-state index contributed by atoms with van der Waals surface area (Å²) in [6.45, 7) is 1.37. The molecule has 1 aromatic carbocycles. The van der Waals surface area contributed by atoms with Crippen molar-refractivity contribution in [3.63, 3.8) is 0 Å². The Morgan fingerprint density at radius 3 is 2.50 bits per heavy atom. The van der Waals surface area contributed by atoms with Crippen molar-refractivity contribution >= 4 is 33.2 Å². The number of hydrogen-bond acceptors (Lipinski definition) is 6. The number of rotatable bonds is 7. The zero-order chi connectivity index (χ0) is 21.6. The number of nitrogens with zero attached hydrogens (tertiary/aromatic N) is 3. The molecule has 30 heavy (non-hydrogen) atoms. The number of carbonyl (C=O) groups is 2. The van der Waals surface area contributed by atoms with Crippen molar-refractivity contribution in [3.8, 4) is 6.07 Å². The van der Waals surface area contributed by atoms with Gasteiger partial charge in [0.05, 0.1) is 15.3 Å². The second-order valence-electron chi connectivity index (χ2n) is 6.73. The third-order valence-electron chi connectivity index (χ3n) is 4.81. The molecule has 2 amide bonds. The van der Waals surface area contributed by atoms with Crippen molar-refractivity contribution in [2.24, 2.45) is 0 Å². The second-order valence-corrected chi connectivity index (χ2v) is 9.58. The lowest BCUT2D eigenvalue weighted by Gasteiger charge is -2.34. The first-order valence-electron chi connectivity index (χ1n) is 9.52. The van der Waals surface area contributed by atoms with Gasteiger partial charge in [-0.25, -0.2) is 8.42 Å². The van der Waals surface area contributed by atoms with E-state index in [0.29, 0.717) is 30.9 Å². The predicted octanol–water partition coefficient (Wildman–Crippen LogP) is 1.66. The maximum atomic E-state index is 12.8. The summed E-state index contributed by atoms with van der Waals surface area (Å²) in [6.07, 6.45) is 0.804. The molecule has 3 rings (SSSR count). The Hall–Kier alpha value is -2.74. The minimum absolute atomic E-state index is 0.00578. The van der Waals surface area contributed by atoms with Crippen LogP contribution in [0, 0.1) is 11.3 Å². The van der Waals surface area contributed by atoms with Crippen molar-refractivity contribution in [2.45, 2.75) is 17.7 Å². The lowest BCUT2D eigenvalue weighted by Crippen LogP contribution is -2.50. The van der Waals surface area contributed by atoms with Gasteiger partial charge in [-0.2, -0.15) is 9.57 Å². The van der Waals surface area contributed by atoms with Gasteiger partial charge in [0, 0.05) is 39.1 Å². The van der Waals surface area contributed by atoms with Gasteiger partial charge in [0.15, 0.2) is 0 Å². The molecule has 1 saturated heterocycles. The van der Waals surface area contributed by atoms with Crippen LogP contribution < -0.4 is 5.32 Å². The smallest absolute Gasteiger partial charge is 0.261 e. The van der Waals surface area contributed by atoms with Crippen molar-refractivity contribution in [1.29, 1.82) is 5.26 Å². The van der Waals surface area contributed by atoms with E-state index in [2.05, 4.69) is 5.32 Å². The average molecular weight is 447 g/mol. The largest absolute Gasteiger partial charge is 0.351 e. The fraction of sp³-hybridized carbons (Fsp3) is 0.350. The molecular formula is C20H22N4O4S2. The zero-order valence-corrected chi connectivity index (χ0v) is 17.9. The fourth-order valence-corrected chi connectivity index (χ4v) is 5.40. The van der Waals surface area contributed by atoms with Crippen LogP contribution in [0.1, 0.15) is 28.1 Å². The van der Waals surface area contributed by atoms with E-state index in [1.165, 1.54) is 27.8 Å². The molecule has 0 bridgehead atoms. The van der Waals surface area contributed by atoms with Gasteiger partial charge in [0.1, 0.15) is 6.07 Å². The number of amides is 2. The van der Waals surface area contributed by atoms with Gasteiger partial charge in [-0.3, -0.25) is 9.59 Å².